The van der Waals surface area contributed by atoms with Gasteiger partial charge < -0.3 is 28.5 Å². The maximum atomic E-state index is 12.5. The first-order valence-corrected chi connectivity index (χ1v) is 7.67. The van der Waals surface area contributed by atoms with Gasteiger partial charge in [0.25, 0.3) is 0 Å². The van der Waals surface area contributed by atoms with Gasteiger partial charge in [-0.15, -0.1) is 0 Å². The molecular weight excluding hydrogens is 340 g/mol. The molecule has 1 N–H and O–H groups in total. The molecule has 0 saturated carbocycles. The van der Waals surface area contributed by atoms with E-state index < -0.39 is 0 Å². The van der Waals surface area contributed by atoms with Crippen LogP contribution in [0.3, 0.4) is 0 Å². The van der Waals surface area contributed by atoms with E-state index in [2.05, 4.69) is 0 Å². The summed E-state index contributed by atoms with van der Waals surface area (Å²) in [4.78, 5) is 12.5. The van der Waals surface area contributed by atoms with Gasteiger partial charge in [0.05, 0.1) is 28.4 Å². The number of aromatic hydroxyl groups is 1. The van der Waals surface area contributed by atoms with Crippen molar-refractivity contribution in [3.05, 3.63) is 40.6 Å². The second kappa shape index (κ2) is 6.87. The van der Waals surface area contributed by atoms with E-state index in [1.165, 1.54) is 46.6 Å². The maximum absolute atomic E-state index is 12.5. The molecule has 0 unspecified atom stereocenters. The summed E-state index contributed by atoms with van der Waals surface area (Å²) in [6, 6.07) is 7.54. The number of rotatable bonds is 5. The molecule has 26 heavy (non-hydrogen) atoms. The van der Waals surface area contributed by atoms with Crippen molar-refractivity contribution < 1.29 is 28.5 Å². The lowest BCUT2D eigenvalue weighted by molar-refractivity contribution is 0.324. The van der Waals surface area contributed by atoms with Gasteiger partial charge in [-0.3, -0.25) is 4.79 Å². The molecule has 0 aliphatic carbocycles. The molecule has 3 aromatic rings. The minimum Gasteiger partial charge on any atom is -0.507 e. The van der Waals surface area contributed by atoms with Gasteiger partial charge in [-0.1, -0.05) is 0 Å². The van der Waals surface area contributed by atoms with E-state index in [0.717, 1.165) is 0 Å². The number of ether oxygens (including phenoxy) is 4. The van der Waals surface area contributed by atoms with Crippen LogP contribution in [0.1, 0.15) is 0 Å². The Labute approximate surface area is 149 Å². The lowest BCUT2D eigenvalue weighted by atomic mass is 10.1. The quantitative estimate of drug-likeness (QED) is 0.749. The third kappa shape index (κ3) is 2.88. The SMILES string of the molecule is COc1cc(O)c2c(=O)cc(-c3cc(OC)c(OC)c(OC)c3)oc2c1. The van der Waals surface area contributed by atoms with Crippen molar-refractivity contribution in [2.45, 2.75) is 0 Å². The Bertz CT molecular complexity index is 995. The van der Waals surface area contributed by atoms with E-state index in [1.807, 2.05) is 0 Å². The minimum atomic E-state index is -0.379. The fourth-order valence-electron chi connectivity index (χ4n) is 2.73. The lowest BCUT2D eigenvalue weighted by Gasteiger charge is -2.14. The van der Waals surface area contributed by atoms with E-state index >= 15 is 0 Å². The summed E-state index contributed by atoms with van der Waals surface area (Å²) in [5, 5.41) is 10.1. The van der Waals surface area contributed by atoms with E-state index in [9.17, 15) is 9.90 Å². The van der Waals surface area contributed by atoms with Gasteiger partial charge >= 0.3 is 0 Å². The molecule has 3 rings (SSSR count). The average molecular weight is 358 g/mol. The zero-order valence-corrected chi connectivity index (χ0v) is 14.8. The van der Waals surface area contributed by atoms with Gasteiger partial charge in [0.1, 0.15) is 28.2 Å². The summed E-state index contributed by atoms with van der Waals surface area (Å²) in [6.45, 7) is 0. The number of phenolic OH excluding ortho intramolecular Hbond substituents is 1. The Morgan fingerprint density at radius 1 is 0.846 bits per heavy atom. The molecule has 0 spiro atoms. The molecule has 0 aliphatic rings. The van der Waals surface area contributed by atoms with Gasteiger partial charge in [0.15, 0.2) is 16.9 Å². The molecular formula is C19H18O7. The highest BCUT2D eigenvalue weighted by Crippen LogP contribution is 2.41. The first kappa shape index (κ1) is 17.5. The second-order valence-electron chi connectivity index (χ2n) is 5.41. The van der Waals surface area contributed by atoms with Crippen molar-refractivity contribution in [2.75, 3.05) is 28.4 Å². The predicted octanol–water partition coefficient (Wildman–Crippen LogP) is 3.20. The first-order valence-electron chi connectivity index (χ1n) is 7.67. The fourth-order valence-corrected chi connectivity index (χ4v) is 2.73. The zero-order valence-electron chi connectivity index (χ0n) is 14.8. The van der Waals surface area contributed by atoms with Gasteiger partial charge in [0.2, 0.25) is 5.75 Å². The monoisotopic (exact) mass is 358 g/mol. The predicted molar refractivity (Wildman–Crippen MR) is 95.8 cm³/mol. The highest BCUT2D eigenvalue weighted by molar-refractivity contribution is 5.86. The van der Waals surface area contributed by atoms with Crippen molar-refractivity contribution in [3.63, 3.8) is 0 Å². The number of hydrogen-bond donors (Lipinski definition) is 1. The molecule has 0 saturated heterocycles. The molecule has 0 fully saturated rings. The number of methoxy groups -OCH3 is 4. The van der Waals surface area contributed by atoms with Crippen molar-refractivity contribution in [3.8, 4) is 40.1 Å². The summed E-state index contributed by atoms with van der Waals surface area (Å²) >= 11 is 0. The van der Waals surface area contributed by atoms with Gasteiger partial charge in [-0.2, -0.15) is 0 Å². The van der Waals surface area contributed by atoms with E-state index in [0.29, 0.717) is 28.6 Å². The first-order chi connectivity index (χ1) is 12.5. The van der Waals surface area contributed by atoms with Crippen LogP contribution in [0.2, 0.25) is 0 Å². The average Bonchev–Trinajstić information content (AvgIpc) is 2.65. The number of phenols is 1. The van der Waals surface area contributed by atoms with Crippen LogP contribution in [-0.4, -0.2) is 33.5 Å². The molecule has 0 atom stereocenters. The molecule has 0 amide bonds. The van der Waals surface area contributed by atoms with Crippen LogP contribution in [0.25, 0.3) is 22.3 Å². The second-order valence-corrected chi connectivity index (χ2v) is 5.41. The fraction of sp³-hybridized carbons (Fsp3) is 0.211. The number of fused-ring (bicyclic) bond motifs is 1. The van der Waals surface area contributed by atoms with Crippen molar-refractivity contribution in [1.29, 1.82) is 0 Å². The Balaban J connectivity index is 2.27. The summed E-state index contributed by atoms with van der Waals surface area (Å²) in [7, 11) is 5.97. The van der Waals surface area contributed by atoms with E-state index in [-0.39, 0.29) is 27.9 Å². The van der Waals surface area contributed by atoms with Crippen LogP contribution in [0.4, 0.5) is 0 Å². The van der Waals surface area contributed by atoms with E-state index in [1.54, 1.807) is 12.1 Å². The molecule has 0 bridgehead atoms. The highest BCUT2D eigenvalue weighted by Gasteiger charge is 2.17. The normalized spacial score (nSPS) is 10.6. The summed E-state index contributed by atoms with van der Waals surface area (Å²) in [5.41, 5.74) is 0.383. The third-order valence-electron chi connectivity index (χ3n) is 3.97. The van der Waals surface area contributed by atoms with Crippen LogP contribution in [0, 0.1) is 0 Å². The summed E-state index contributed by atoms with van der Waals surface area (Å²) < 4.78 is 26.9. The van der Waals surface area contributed by atoms with Crippen molar-refractivity contribution in [2.24, 2.45) is 0 Å². The molecule has 2 aromatic carbocycles. The van der Waals surface area contributed by atoms with Crippen LogP contribution in [-0.2, 0) is 0 Å². The highest BCUT2D eigenvalue weighted by atomic mass is 16.5. The minimum absolute atomic E-state index is 0.0852. The van der Waals surface area contributed by atoms with Gasteiger partial charge in [-0.25, -0.2) is 0 Å². The Morgan fingerprint density at radius 2 is 1.50 bits per heavy atom. The zero-order chi connectivity index (χ0) is 18.8. The Kier molecular flexibility index (Phi) is 4.62. The molecule has 0 radical (unpaired) electrons. The van der Waals surface area contributed by atoms with Gasteiger partial charge in [0, 0.05) is 23.8 Å². The maximum Gasteiger partial charge on any atom is 0.203 e. The Morgan fingerprint density at radius 3 is 2.04 bits per heavy atom. The molecule has 7 nitrogen and oxygen atoms in total. The molecule has 7 heteroatoms. The molecule has 1 aromatic heterocycles. The van der Waals surface area contributed by atoms with Gasteiger partial charge in [-0.05, 0) is 12.1 Å². The molecule has 1 heterocycles. The molecule has 136 valence electrons. The van der Waals surface area contributed by atoms with Crippen LogP contribution < -0.4 is 24.4 Å². The van der Waals surface area contributed by atoms with Crippen LogP contribution in [0.15, 0.2) is 39.5 Å². The standard InChI is InChI=1S/C19H18O7/c1-22-11-7-12(20)18-13(21)9-14(26-15(18)8-11)10-5-16(23-2)19(25-4)17(6-10)24-3/h5-9,20H,1-4H3. The molecule has 0 aliphatic heterocycles. The largest absolute Gasteiger partial charge is 0.507 e. The number of benzene rings is 2. The smallest absolute Gasteiger partial charge is 0.203 e. The number of hydrogen-bond acceptors (Lipinski definition) is 7. The summed E-state index contributed by atoms with van der Waals surface area (Å²) in [5.74, 6) is 1.75. The lowest BCUT2D eigenvalue weighted by Crippen LogP contribution is -2.02. The van der Waals surface area contributed by atoms with Crippen molar-refractivity contribution in [1.82, 2.24) is 0 Å². The third-order valence-corrected chi connectivity index (χ3v) is 3.97. The van der Waals surface area contributed by atoms with Crippen LogP contribution in [0.5, 0.6) is 28.7 Å². The summed E-state index contributed by atoms with van der Waals surface area (Å²) in [6.07, 6.45) is 0. The Hall–Kier alpha value is -3.35. The topological polar surface area (TPSA) is 87.4 Å². The van der Waals surface area contributed by atoms with Crippen LogP contribution >= 0.6 is 0 Å². The van der Waals surface area contributed by atoms with Crippen molar-refractivity contribution >= 4 is 11.0 Å². The van der Waals surface area contributed by atoms with E-state index in [4.69, 9.17) is 23.4 Å².